The Kier molecular flexibility index (Phi) is 6.28. The van der Waals surface area contributed by atoms with Crippen molar-refractivity contribution in [2.75, 3.05) is 38.2 Å². The van der Waals surface area contributed by atoms with Crippen molar-refractivity contribution >= 4 is 23.4 Å². The fourth-order valence-electron chi connectivity index (χ4n) is 3.26. The van der Waals surface area contributed by atoms with E-state index in [-0.39, 0.29) is 10.8 Å². The molecule has 1 aromatic carbocycles. The second-order valence-electron chi connectivity index (χ2n) is 6.53. The maximum absolute atomic E-state index is 13.2. The average molecular weight is 432 g/mol. The molecule has 1 aliphatic rings. The highest BCUT2D eigenvalue weighted by Crippen LogP contribution is 2.34. The van der Waals surface area contributed by atoms with Gasteiger partial charge in [-0.1, -0.05) is 23.7 Å². The van der Waals surface area contributed by atoms with E-state index >= 15 is 0 Å². The molecule has 0 saturated carbocycles. The number of hydrogen-bond acceptors (Lipinski definition) is 5. The first-order valence-corrected chi connectivity index (χ1v) is 9.13. The second-order valence-corrected chi connectivity index (χ2v) is 6.93. The molecule has 5 nitrogen and oxygen atoms in total. The van der Waals surface area contributed by atoms with Crippen LogP contribution in [0.4, 0.5) is 23.4 Å². The lowest BCUT2D eigenvalue weighted by Gasteiger charge is -2.39. The maximum Gasteiger partial charge on any atom is 0.417 e. The Bertz CT molecular complexity index is 869. The fourth-order valence-corrected chi connectivity index (χ4v) is 3.55. The number of hydrogen-bond donors (Lipinski definition) is 0. The molecular formula is C19H18ClF4N3O2. The van der Waals surface area contributed by atoms with Crippen molar-refractivity contribution in [2.45, 2.75) is 12.2 Å². The molecule has 1 aliphatic heterocycles. The van der Waals surface area contributed by atoms with E-state index in [4.69, 9.17) is 16.3 Å². The molecule has 1 aromatic heterocycles. The van der Waals surface area contributed by atoms with Crippen molar-refractivity contribution in [3.63, 3.8) is 0 Å². The van der Waals surface area contributed by atoms with Gasteiger partial charge in [-0.05, 0) is 23.8 Å². The number of carbonyl (C=O) groups excluding carboxylic acids is 1. The van der Waals surface area contributed by atoms with Gasteiger partial charge in [0.1, 0.15) is 17.7 Å². The predicted molar refractivity (Wildman–Crippen MR) is 99.2 cm³/mol. The average Bonchev–Trinajstić information content (AvgIpc) is 2.69. The summed E-state index contributed by atoms with van der Waals surface area (Å²) in [5, 5.41) is -0.0867. The minimum Gasteiger partial charge on any atom is -0.468 e. The lowest BCUT2D eigenvalue weighted by atomic mass is 10.0. The Morgan fingerprint density at radius 2 is 1.79 bits per heavy atom. The molecule has 1 fully saturated rings. The summed E-state index contributed by atoms with van der Waals surface area (Å²) in [4.78, 5) is 19.8. The van der Waals surface area contributed by atoms with Gasteiger partial charge in [-0.15, -0.1) is 0 Å². The van der Waals surface area contributed by atoms with Gasteiger partial charge in [0.15, 0.2) is 0 Å². The number of nitrogens with zero attached hydrogens (tertiary/aromatic N) is 3. The van der Waals surface area contributed by atoms with E-state index in [1.807, 2.05) is 4.90 Å². The lowest BCUT2D eigenvalue weighted by Crippen LogP contribution is -2.49. The minimum absolute atomic E-state index is 0.0867. The Hall–Kier alpha value is -2.39. The smallest absolute Gasteiger partial charge is 0.417 e. The number of piperazine rings is 1. The number of halogens is 5. The molecule has 2 heterocycles. The van der Waals surface area contributed by atoms with Gasteiger partial charge in [0.2, 0.25) is 0 Å². The Labute approximate surface area is 169 Å². The zero-order chi connectivity index (χ0) is 21.2. The third-order valence-corrected chi connectivity index (χ3v) is 5.02. The number of aromatic nitrogens is 1. The maximum atomic E-state index is 13.2. The summed E-state index contributed by atoms with van der Waals surface area (Å²) >= 11 is 6.02. The second kappa shape index (κ2) is 8.54. The summed E-state index contributed by atoms with van der Waals surface area (Å²) in [7, 11) is 1.28. The van der Waals surface area contributed by atoms with E-state index < -0.39 is 29.6 Å². The first-order valence-electron chi connectivity index (χ1n) is 8.75. The highest BCUT2D eigenvalue weighted by atomic mass is 35.5. The zero-order valence-corrected chi connectivity index (χ0v) is 16.2. The van der Waals surface area contributed by atoms with Crippen LogP contribution in [-0.2, 0) is 15.7 Å². The molecule has 2 aromatic rings. The molecule has 29 heavy (non-hydrogen) atoms. The number of anilines is 1. The fraction of sp³-hybridized carbons (Fsp3) is 0.368. The van der Waals surface area contributed by atoms with Gasteiger partial charge in [-0.3, -0.25) is 4.90 Å². The summed E-state index contributed by atoms with van der Waals surface area (Å²) in [6.07, 6.45) is -3.76. The summed E-state index contributed by atoms with van der Waals surface area (Å²) in [5.41, 5.74) is -0.315. The van der Waals surface area contributed by atoms with Crippen LogP contribution in [0.5, 0.6) is 0 Å². The molecule has 156 valence electrons. The number of carbonyl (C=O) groups is 1. The first kappa shape index (κ1) is 21.3. The number of ether oxygens (including phenoxy) is 1. The Balaban J connectivity index is 1.74. The van der Waals surface area contributed by atoms with E-state index in [2.05, 4.69) is 4.98 Å². The van der Waals surface area contributed by atoms with E-state index in [0.29, 0.717) is 31.7 Å². The molecule has 0 amide bonds. The van der Waals surface area contributed by atoms with Gasteiger partial charge in [0.05, 0.1) is 17.7 Å². The Morgan fingerprint density at radius 3 is 2.31 bits per heavy atom. The van der Waals surface area contributed by atoms with E-state index in [1.165, 1.54) is 31.4 Å². The van der Waals surface area contributed by atoms with Gasteiger partial charge in [-0.25, -0.2) is 14.2 Å². The normalized spacial score (nSPS) is 16.6. The monoisotopic (exact) mass is 431 g/mol. The molecular weight excluding hydrogens is 414 g/mol. The molecule has 1 atom stereocenters. The van der Waals surface area contributed by atoms with Crippen LogP contribution in [0.1, 0.15) is 17.2 Å². The third-order valence-electron chi connectivity index (χ3n) is 4.74. The molecule has 1 saturated heterocycles. The first-order chi connectivity index (χ1) is 13.7. The summed E-state index contributed by atoms with van der Waals surface area (Å²) in [5.74, 6) is -0.628. The van der Waals surface area contributed by atoms with Gasteiger partial charge >= 0.3 is 12.1 Å². The van der Waals surface area contributed by atoms with Crippen molar-refractivity contribution in [3.05, 3.63) is 58.5 Å². The van der Waals surface area contributed by atoms with Crippen LogP contribution in [0.25, 0.3) is 0 Å². The van der Waals surface area contributed by atoms with E-state index in [9.17, 15) is 22.4 Å². The number of methoxy groups -OCH3 is 1. The van der Waals surface area contributed by atoms with Crippen molar-refractivity contribution in [3.8, 4) is 0 Å². The molecule has 3 rings (SSSR count). The van der Waals surface area contributed by atoms with E-state index in [1.54, 1.807) is 4.90 Å². The molecule has 0 radical (unpaired) electrons. The van der Waals surface area contributed by atoms with Crippen LogP contribution in [0.2, 0.25) is 5.02 Å². The molecule has 10 heteroatoms. The standard InChI is InChI=1S/C19H18ClF4N3O2/c1-29-18(28)16(12-2-4-14(21)5-3-12)26-6-8-27(9-7-26)17-15(20)10-13(11-25-17)19(22,23)24/h2-5,10-11,16H,6-9H2,1H3/t16-/m0/s1. The van der Waals surface area contributed by atoms with Crippen LogP contribution in [0, 0.1) is 5.82 Å². The van der Waals surface area contributed by atoms with Crippen LogP contribution >= 0.6 is 11.6 Å². The highest BCUT2D eigenvalue weighted by Gasteiger charge is 2.34. The van der Waals surface area contributed by atoms with Gasteiger partial charge in [0.25, 0.3) is 0 Å². The van der Waals surface area contributed by atoms with Crippen molar-refractivity contribution in [1.82, 2.24) is 9.88 Å². The van der Waals surface area contributed by atoms with Crippen LogP contribution in [0.15, 0.2) is 36.5 Å². The highest BCUT2D eigenvalue weighted by molar-refractivity contribution is 6.33. The van der Waals surface area contributed by atoms with Gasteiger partial charge in [0, 0.05) is 32.4 Å². The predicted octanol–water partition coefficient (Wildman–Crippen LogP) is 3.93. The molecule has 0 N–H and O–H groups in total. The number of benzene rings is 1. The minimum atomic E-state index is -4.52. The number of alkyl halides is 3. The SMILES string of the molecule is COC(=O)[C@H](c1ccc(F)cc1)N1CCN(c2ncc(C(F)(F)F)cc2Cl)CC1. The molecule has 0 unspecified atom stereocenters. The van der Waals surface area contributed by atoms with Crippen LogP contribution in [0.3, 0.4) is 0 Å². The van der Waals surface area contributed by atoms with Crippen LogP contribution < -0.4 is 4.90 Å². The number of esters is 1. The molecule has 0 bridgehead atoms. The summed E-state index contributed by atoms with van der Waals surface area (Å²) < 4.78 is 56.5. The van der Waals surface area contributed by atoms with Crippen molar-refractivity contribution < 1.29 is 27.1 Å². The Morgan fingerprint density at radius 1 is 1.17 bits per heavy atom. The summed E-state index contributed by atoms with van der Waals surface area (Å²) in [6, 6.07) is 5.74. The number of rotatable bonds is 4. The van der Waals surface area contributed by atoms with E-state index in [0.717, 1.165) is 12.3 Å². The molecule has 0 aliphatic carbocycles. The van der Waals surface area contributed by atoms with Gasteiger partial charge < -0.3 is 9.64 Å². The molecule has 0 spiro atoms. The topological polar surface area (TPSA) is 45.7 Å². The van der Waals surface area contributed by atoms with Crippen LogP contribution in [-0.4, -0.2) is 49.1 Å². The largest absolute Gasteiger partial charge is 0.468 e. The van der Waals surface area contributed by atoms with Gasteiger partial charge in [-0.2, -0.15) is 13.2 Å². The third kappa shape index (κ3) is 4.79. The quantitative estimate of drug-likeness (QED) is 0.542. The van der Waals surface area contributed by atoms with Crippen molar-refractivity contribution in [1.29, 1.82) is 0 Å². The van der Waals surface area contributed by atoms with Crippen molar-refractivity contribution in [2.24, 2.45) is 0 Å². The number of pyridine rings is 1. The summed E-state index contributed by atoms with van der Waals surface area (Å²) in [6.45, 7) is 1.62. The lowest BCUT2D eigenvalue weighted by molar-refractivity contribution is -0.147. The zero-order valence-electron chi connectivity index (χ0n) is 15.4.